The quantitative estimate of drug-likeness (QED) is 0.305. The first kappa shape index (κ1) is 22.5. The van der Waals surface area contributed by atoms with Gasteiger partial charge in [-0.15, -0.1) is 0 Å². The number of benzene rings is 3. The van der Waals surface area contributed by atoms with Gasteiger partial charge < -0.3 is 10.1 Å². The second-order valence-corrected chi connectivity index (χ2v) is 8.74. The Labute approximate surface area is 214 Å². The lowest BCUT2D eigenvalue weighted by Gasteiger charge is -2.23. The average Bonchev–Trinajstić information content (AvgIpc) is 3.35. The third-order valence-electron chi connectivity index (χ3n) is 6.48. The van der Waals surface area contributed by atoms with Gasteiger partial charge in [-0.3, -0.25) is 9.78 Å². The van der Waals surface area contributed by atoms with Crippen LogP contribution < -0.4 is 10.1 Å². The van der Waals surface area contributed by atoms with Crippen molar-refractivity contribution >= 4 is 17.2 Å². The Morgan fingerprint density at radius 1 is 0.811 bits per heavy atom. The predicted octanol–water partition coefficient (Wildman–Crippen LogP) is 6.34. The van der Waals surface area contributed by atoms with Crippen LogP contribution in [0.15, 0.2) is 115 Å². The summed E-state index contributed by atoms with van der Waals surface area (Å²) in [5.74, 6) is 0.545. The zero-order valence-electron chi connectivity index (χ0n) is 20.3. The number of fused-ring (bicyclic) bond motifs is 1. The largest absolute Gasteiger partial charge is 0.497 e. The summed E-state index contributed by atoms with van der Waals surface area (Å²) in [5.41, 5.74) is 7.54. The van der Waals surface area contributed by atoms with Crippen LogP contribution in [0.5, 0.6) is 5.75 Å². The highest BCUT2D eigenvalue weighted by atomic mass is 16.5. The molecular formula is C31H24N4O2. The Bertz CT molecular complexity index is 1590. The lowest BCUT2D eigenvalue weighted by atomic mass is 9.92. The van der Waals surface area contributed by atoms with Gasteiger partial charge in [0.25, 0.3) is 5.91 Å². The molecule has 0 fully saturated rings. The van der Waals surface area contributed by atoms with Gasteiger partial charge in [0.15, 0.2) is 0 Å². The van der Waals surface area contributed by atoms with Crippen molar-refractivity contribution in [1.82, 2.24) is 14.8 Å². The maximum atomic E-state index is 14.2. The minimum absolute atomic E-state index is 0.183. The molecule has 3 heterocycles. The van der Waals surface area contributed by atoms with Gasteiger partial charge in [-0.1, -0.05) is 72.8 Å². The van der Waals surface area contributed by atoms with E-state index in [1.54, 1.807) is 24.2 Å². The van der Waals surface area contributed by atoms with Crippen LogP contribution in [0, 0.1) is 0 Å². The predicted molar refractivity (Wildman–Crippen MR) is 145 cm³/mol. The van der Waals surface area contributed by atoms with Gasteiger partial charge in [0, 0.05) is 29.4 Å². The van der Waals surface area contributed by atoms with Gasteiger partial charge in [0.2, 0.25) is 0 Å². The van der Waals surface area contributed by atoms with Gasteiger partial charge >= 0.3 is 0 Å². The van der Waals surface area contributed by atoms with Crippen molar-refractivity contribution in [1.29, 1.82) is 0 Å². The summed E-state index contributed by atoms with van der Waals surface area (Å²) < 4.78 is 6.90. The van der Waals surface area contributed by atoms with E-state index in [2.05, 4.69) is 22.4 Å². The van der Waals surface area contributed by atoms with E-state index in [0.29, 0.717) is 12.0 Å². The number of hydrogen-bond acceptors (Lipinski definition) is 5. The number of nitrogens with zero attached hydrogens (tertiary/aromatic N) is 3. The zero-order valence-corrected chi connectivity index (χ0v) is 20.3. The molecule has 1 N–H and O–H groups in total. The summed E-state index contributed by atoms with van der Waals surface area (Å²) in [7, 11) is 1.63. The van der Waals surface area contributed by atoms with Crippen LogP contribution in [-0.2, 0) is 6.42 Å². The van der Waals surface area contributed by atoms with E-state index in [1.165, 1.54) is 0 Å². The Morgan fingerprint density at radius 3 is 2.16 bits per heavy atom. The van der Waals surface area contributed by atoms with E-state index in [9.17, 15) is 4.79 Å². The number of carbonyl (C=O) groups is 1. The number of nitrogens with one attached hydrogen (secondary N) is 1. The Morgan fingerprint density at radius 2 is 1.51 bits per heavy atom. The number of rotatable bonds is 6. The van der Waals surface area contributed by atoms with Crippen LogP contribution in [0.25, 0.3) is 28.0 Å². The first-order chi connectivity index (χ1) is 18.2. The van der Waals surface area contributed by atoms with Crippen molar-refractivity contribution in [3.63, 3.8) is 0 Å². The van der Waals surface area contributed by atoms with Crippen LogP contribution >= 0.6 is 0 Å². The molecule has 0 aliphatic carbocycles. The topological polar surface area (TPSA) is 69.0 Å². The van der Waals surface area contributed by atoms with Gasteiger partial charge in [-0.2, -0.15) is 9.78 Å². The zero-order chi connectivity index (χ0) is 25.2. The smallest absolute Gasteiger partial charge is 0.280 e. The van der Waals surface area contributed by atoms with E-state index in [1.807, 2.05) is 84.9 Å². The maximum Gasteiger partial charge on any atom is 0.280 e. The molecule has 6 nitrogen and oxygen atoms in total. The number of methoxy groups -OCH3 is 1. The summed E-state index contributed by atoms with van der Waals surface area (Å²) in [4.78, 5) is 18.4. The Balaban J connectivity index is 1.56. The van der Waals surface area contributed by atoms with E-state index < -0.39 is 0 Å². The molecule has 0 radical (unpaired) electrons. The Hall–Kier alpha value is -4.97. The average molecular weight is 485 g/mol. The fourth-order valence-electron chi connectivity index (χ4n) is 4.75. The highest BCUT2D eigenvalue weighted by molar-refractivity contribution is 6.23. The van der Waals surface area contributed by atoms with Crippen LogP contribution in [0.4, 0.5) is 5.69 Å². The van der Waals surface area contributed by atoms with Crippen molar-refractivity contribution < 1.29 is 9.53 Å². The monoisotopic (exact) mass is 484 g/mol. The molecule has 0 saturated heterocycles. The molecule has 0 amide bonds. The van der Waals surface area contributed by atoms with Gasteiger partial charge in [0.05, 0.1) is 30.3 Å². The van der Waals surface area contributed by atoms with E-state index >= 15 is 0 Å². The molecule has 0 spiro atoms. The standard InChI is InChI=1S/C31H24N4O2/c1-37-25-16-14-22(15-17-25)28-26(33-24-13-8-18-32-20-24)19-27-29(21-9-4-2-5-10-21)30(34-35(27)31(28)36)23-11-6-3-7-12-23/h2-18,20,33H,19H2,1H3. The highest BCUT2D eigenvalue weighted by Gasteiger charge is 2.33. The normalized spacial score (nSPS) is 12.8. The fraction of sp³-hybridized carbons (Fsp3) is 0.0645. The fourth-order valence-corrected chi connectivity index (χ4v) is 4.75. The molecule has 0 bridgehead atoms. The minimum Gasteiger partial charge on any atom is -0.497 e. The molecule has 1 aliphatic rings. The van der Waals surface area contributed by atoms with Gasteiger partial charge in [0.1, 0.15) is 11.4 Å². The third-order valence-corrected chi connectivity index (χ3v) is 6.48. The lowest BCUT2D eigenvalue weighted by Crippen LogP contribution is -2.26. The van der Waals surface area contributed by atoms with Crippen LogP contribution in [0.3, 0.4) is 0 Å². The lowest BCUT2D eigenvalue weighted by molar-refractivity contribution is 0.0958. The summed E-state index contributed by atoms with van der Waals surface area (Å²) in [5, 5.41) is 8.38. The molecule has 2 aromatic heterocycles. The second kappa shape index (κ2) is 9.59. The van der Waals surface area contributed by atoms with Gasteiger partial charge in [-0.25, -0.2) is 0 Å². The second-order valence-electron chi connectivity index (χ2n) is 8.74. The molecule has 3 aromatic carbocycles. The number of anilines is 1. The summed E-state index contributed by atoms with van der Waals surface area (Å²) in [6, 6.07) is 31.5. The summed E-state index contributed by atoms with van der Waals surface area (Å²) in [6.45, 7) is 0. The van der Waals surface area contributed by atoms with Crippen molar-refractivity contribution in [3.05, 3.63) is 126 Å². The van der Waals surface area contributed by atoms with Crippen LogP contribution in [-0.4, -0.2) is 27.8 Å². The first-order valence-corrected chi connectivity index (χ1v) is 12.0. The Kier molecular flexibility index (Phi) is 5.83. The molecule has 5 aromatic rings. The molecule has 180 valence electrons. The third kappa shape index (κ3) is 4.19. The van der Waals surface area contributed by atoms with E-state index in [4.69, 9.17) is 9.84 Å². The molecule has 0 saturated carbocycles. The number of hydrogen-bond donors (Lipinski definition) is 1. The molecular weight excluding hydrogens is 460 g/mol. The molecule has 6 rings (SSSR count). The van der Waals surface area contributed by atoms with E-state index in [-0.39, 0.29) is 5.91 Å². The number of pyridine rings is 1. The van der Waals surface area contributed by atoms with Gasteiger partial charge in [-0.05, 0) is 35.4 Å². The SMILES string of the molecule is COc1ccc(C2=C(Nc3cccnc3)Cc3c(-c4ccccc4)c(-c4ccccc4)nn3C2=O)cc1. The number of allylic oxidation sites excluding steroid dienone is 2. The summed E-state index contributed by atoms with van der Waals surface area (Å²) in [6.07, 6.45) is 3.97. The molecule has 6 heteroatoms. The maximum absolute atomic E-state index is 14.2. The molecule has 0 atom stereocenters. The number of aromatic nitrogens is 3. The minimum atomic E-state index is -0.183. The summed E-state index contributed by atoms with van der Waals surface area (Å²) >= 11 is 0. The van der Waals surface area contributed by atoms with Crippen LogP contribution in [0.2, 0.25) is 0 Å². The number of ether oxygens (including phenoxy) is 1. The van der Waals surface area contributed by atoms with Crippen molar-refractivity contribution in [3.8, 4) is 28.1 Å². The van der Waals surface area contributed by atoms with Crippen molar-refractivity contribution in [2.24, 2.45) is 0 Å². The molecule has 0 unspecified atom stereocenters. The van der Waals surface area contributed by atoms with Crippen LogP contribution in [0.1, 0.15) is 16.1 Å². The highest BCUT2D eigenvalue weighted by Crippen LogP contribution is 2.40. The number of carbonyl (C=O) groups excluding carboxylic acids is 1. The van der Waals surface area contributed by atoms with Crippen molar-refractivity contribution in [2.75, 3.05) is 12.4 Å². The molecule has 37 heavy (non-hydrogen) atoms. The van der Waals surface area contributed by atoms with E-state index in [0.717, 1.165) is 50.8 Å². The molecule has 1 aliphatic heterocycles. The first-order valence-electron chi connectivity index (χ1n) is 12.0. The van der Waals surface area contributed by atoms with Crippen molar-refractivity contribution in [2.45, 2.75) is 6.42 Å².